The van der Waals surface area contributed by atoms with Gasteiger partial charge < -0.3 is 23.7 Å². The average molecular weight is 441 g/mol. The van der Waals surface area contributed by atoms with Crippen molar-refractivity contribution in [2.75, 3.05) is 34.5 Å². The predicted molar refractivity (Wildman–Crippen MR) is 115 cm³/mol. The Hall–Kier alpha value is -4.08. The van der Waals surface area contributed by atoms with Gasteiger partial charge in [0.15, 0.2) is 11.5 Å². The first-order valence-corrected chi connectivity index (χ1v) is 9.55. The summed E-state index contributed by atoms with van der Waals surface area (Å²) in [6, 6.07) is 8.26. The van der Waals surface area contributed by atoms with Crippen molar-refractivity contribution in [1.82, 2.24) is 15.0 Å². The first-order valence-electron chi connectivity index (χ1n) is 9.55. The second-order valence-electron chi connectivity index (χ2n) is 6.63. The highest BCUT2D eigenvalue weighted by atomic mass is 16.6. The molecule has 0 aliphatic carbocycles. The lowest BCUT2D eigenvalue weighted by molar-refractivity contribution is -0.139. The first-order chi connectivity index (χ1) is 15.4. The normalized spacial score (nSPS) is 10.5. The molecule has 1 aromatic heterocycles. The zero-order chi connectivity index (χ0) is 23.3. The van der Waals surface area contributed by atoms with Crippen molar-refractivity contribution in [2.45, 2.75) is 6.92 Å². The van der Waals surface area contributed by atoms with Gasteiger partial charge in [-0.3, -0.25) is 0 Å². The molecule has 3 aromatic rings. The number of ether oxygens (including phenoxy) is 5. The van der Waals surface area contributed by atoms with Crippen molar-refractivity contribution in [1.29, 1.82) is 0 Å². The number of benzene rings is 2. The van der Waals surface area contributed by atoms with E-state index in [1.165, 1.54) is 26.1 Å². The molecule has 3 rings (SSSR count). The maximum Gasteiger partial charge on any atom is 0.337 e. The molecule has 0 spiro atoms. The van der Waals surface area contributed by atoms with Gasteiger partial charge in [0.1, 0.15) is 24.2 Å². The minimum Gasteiger partial charge on any atom is -0.493 e. The van der Waals surface area contributed by atoms with Crippen LogP contribution in [0.25, 0.3) is 16.7 Å². The maximum atomic E-state index is 11.8. The Morgan fingerprint density at radius 2 is 1.62 bits per heavy atom. The van der Waals surface area contributed by atoms with E-state index < -0.39 is 11.9 Å². The van der Waals surface area contributed by atoms with Crippen LogP contribution >= 0.6 is 0 Å². The molecule has 0 bridgehead atoms. The molecule has 32 heavy (non-hydrogen) atoms. The van der Waals surface area contributed by atoms with Crippen molar-refractivity contribution in [2.24, 2.45) is 0 Å². The number of carbonyl (C=O) groups excluding carboxylic acids is 2. The van der Waals surface area contributed by atoms with Crippen molar-refractivity contribution in [3.63, 3.8) is 0 Å². The second-order valence-corrected chi connectivity index (χ2v) is 6.63. The van der Waals surface area contributed by atoms with Gasteiger partial charge in [0.2, 0.25) is 5.75 Å². The minimum atomic E-state index is -0.491. The summed E-state index contributed by atoms with van der Waals surface area (Å²) in [6.07, 6.45) is 0. The molecular formula is C22H23N3O7. The summed E-state index contributed by atoms with van der Waals surface area (Å²) in [7, 11) is 4.29. The molecule has 2 aromatic carbocycles. The van der Waals surface area contributed by atoms with Crippen molar-refractivity contribution in [3.8, 4) is 22.9 Å². The zero-order valence-electron chi connectivity index (χ0n) is 18.2. The molecule has 0 unspecified atom stereocenters. The molecule has 1 heterocycles. The van der Waals surface area contributed by atoms with Gasteiger partial charge >= 0.3 is 11.9 Å². The molecule has 0 saturated heterocycles. The van der Waals surface area contributed by atoms with Crippen LogP contribution in [0.3, 0.4) is 0 Å². The van der Waals surface area contributed by atoms with Crippen LogP contribution < -0.4 is 14.2 Å². The highest BCUT2D eigenvalue weighted by Gasteiger charge is 2.17. The Bertz CT molecular complexity index is 1140. The van der Waals surface area contributed by atoms with Gasteiger partial charge in [-0.1, -0.05) is 6.58 Å². The molecule has 10 nitrogen and oxygen atoms in total. The summed E-state index contributed by atoms with van der Waals surface area (Å²) in [4.78, 5) is 24.6. The van der Waals surface area contributed by atoms with Crippen LogP contribution in [0.2, 0.25) is 0 Å². The molecule has 0 saturated carbocycles. The number of esters is 2. The first kappa shape index (κ1) is 22.6. The van der Waals surface area contributed by atoms with Crippen LogP contribution in [0.1, 0.15) is 17.3 Å². The molecular weight excluding hydrogens is 418 g/mol. The number of fused-ring (bicyclic) bond motifs is 1. The Morgan fingerprint density at radius 1 is 0.969 bits per heavy atom. The van der Waals surface area contributed by atoms with Crippen LogP contribution in [-0.2, 0) is 14.3 Å². The number of hydrogen-bond acceptors (Lipinski definition) is 9. The Labute approximate surface area is 184 Å². The van der Waals surface area contributed by atoms with Crippen molar-refractivity contribution >= 4 is 23.0 Å². The van der Waals surface area contributed by atoms with Gasteiger partial charge in [-0.2, -0.15) is 4.80 Å². The molecule has 0 amide bonds. The van der Waals surface area contributed by atoms with Crippen LogP contribution in [0.5, 0.6) is 17.2 Å². The van der Waals surface area contributed by atoms with E-state index in [0.717, 1.165) is 0 Å². The van der Waals surface area contributed by atoms with Crippen LogP contribution in [-0.4, -0.2) is 61.5 Å². The fourth-order valence-electron chi connectivity index (χ4n) is 2.80. The van der Waals surface area contributed by atoms with Crippen molar-refractivity contribution in [3.05, 3.63) is 48.0 Å². The molecule has 10 heteroatoms. The third-order valence-corrected chi connectivity index (χ3v) is 4.39. The highest BCUT2D eigenvalue weighted by molar-refractivity contribution is 5.93. The Kier molecular flexibility index (Phi) is 6.93. The number of nitrogens with zero attached hydrogens (tertiary/aromatic N) is 3. The summed E-state index contributed by atoms with van der Waals surface area (Å²) in [5.41, 5.74) is 2.34. The van der Waals surface area contributed by atoms with Crippen molar-refractivity contribution < 1.29 is 33.3 Å². The third kappa shape index (κ3) is 4.80. The zero-order valence-corrected chi connectivity index (χ0v) is 18.2. The van der Waals surface area contributed by atoms with Gasteiger partial charge in [-0.25, -0.2) is 9.59 Å². The summed E-state index contributed by atoms with van der Waals surface area (Å²) in [6.45, 7) is 5.22. The van der Waals surface area contributed by atoms with E-state index >= 15 is 0 Å². The number of methoxy groups -OCH3 is 3. The summed E-state index contributed by atoms with van der Waals surface area (Å²) in [5.74, 6) is 0.148. The van der Waals surface area contributed by atoms with E-state index in [-0.39, 0.29) is 13.2 Å². The average Bonchev–Trinajstić information content (AvgIpc) is 3.24. The van der Waals surface area contributed by atoms with Gasteiger partial charge in [-0.15, -0.1) is 10.2 Å². The Morgan fingerprint density at radius 3 is 2.22 bits per heavy atom. The molecule has 0 aliphatic rings. The predicted octanol–water partition coefficient (Wildman–Crippen LogP) is 2.72. The number of aromatic nitrogens is 3. The lowest BCUT2D eigenvalue weighted by Crippen LogP contribution is -2.13. The molecule has 0 fully saturated rings. The lowest BCUT2D eigenvalue weighted by atomic mass is 10.2. The largest absolute Gasteiger partial charge is 0.493 e. The van der Waals surface area contributed by atoms with Gasteiger partial charge in [-0.05, 0) is 25.1 Å². The SMILES string of the molecule is C=C(C)C(=O)OCCOc1c(OC)cc(-n2nc3ccc(C(=O)OC)cc3n2)cc1OC. The molecule has 0 atom stereocenters. The second kappa shape index (κ2) is 9.82. The number of carbonyl (C=O) groups is 2. The summed E-state index contributed by atoms with van der Waals surface area (Å²) >= 11 is 0. The molecule has 0 radical (unpaired) electrons. The topological polar surface area (TPSA) is 111 Å². The van der Waals surface area contributed by atoms with Crippen LogP contribution in [0.15, 0.2) is 42.5 Å². The van der Waals surface area contributed by atoms with E-state index in [0.29, 0.717) is 45.1 Å². The molecule has 168 valence electrons. The summed E-state index contributed by atoms with van der Waals surface area (Å²) < 4.78 is 26.4. The smallest absolute Gasteiger partial charge is 0.337 e. The fraction of sp³-hybridized carbons (Fsp3) is 0.273. The monoisotopic (exact) mass is 441 g/mol. The summed E-state index contributed by atoms with van der Waals surface area (Å²) in [5, 5.41) is 8.87. The van der Waals surface area contributed by atoms with E-state index in [1.807, 2.05) is 0 Å². The lowest BCUT2D eigenvalue weighted by Gasteiger charge is -2.16. The number of hydrogen-bond donors (Lipinski definition) is 0. The van der Waals surface area contributed by atoms with Gasteiger partial charge in [0.05, 0.1) is 32.6 Å². The minimum absolute atomic E-state index is 0.0361. The number of rotatable bonds is 9. The van der Waals surface area contributed by atoms with Crippen LogP contribution in [0, 0.1) is 0 Å². The quantitative estimate of drug-likeness (QED) is 0.281. The highest BCUT2D eigenvalue weighted by Crippen LogP contribution is 2.39. The van der Waals surface area contributed by atoms with E-state index in [4.69, 9.17) is 23.7 Å². The van der Waals surface area contributed by atoms with Crippen LogP contribution in [0.4, 0.5) is 0 Å². The molecule has 0 N–H and O–H groups in total. The third-order valence-electron chi connectivity index (χ3n) is 4.39. The maximum absolute atomic E-state index is 11.8. The van der Waals surface area contributed by atoms with Gasteiger partial charge in [0.25, 0.3) is 0 Å². The van der Waals surface area contributed by atoms with E-state index in [2.05, 4.69) is 16.8 Å². The molecule has 0 aliphatic heterocycles. The Balaban J connectivity index is 1.87. The van der Waals surface area contributed by atoms with E-state index in [1.54, 1.807) is 37.3 Å². The van der Waals surface area contributed by atoms with Gasteiger partial charge in [0, 0.05) is 17.7 Å². The standard InChI is InChI=1S/C22H23N3O7/c1-13(2)21(26)32-9-8-31-20-18(28-3)11-15(12-19(20)29-4)25-23-16-7-6-14(22(27)30-5)10-17(16)24-25/h6-7,10-12H,1,8-9H2,2-5H3. The van der Waals surface area contributed by atoms with E-state index in [9.17, 15) is 9.59 Å². The fourth-order valence-corrected chi connectivity index (χ4v) is 2.80.